The molecule has 0 aliphatic carbocycles. The molecule has 0 aliphatic heterocycles. The molecule has 0 aliphatic rings. The van der Waals surface area contributed by atoms with Crippen molar-refractivity contribution in [3.63, 3.8) is 0 Å². The van der Waals surface area contributed by atoms with Crippen molar-refractivity contribution in [1.29, 1.82) is 0 Å². The van der Waals surface area contributed by atoms with Gasteiger partial charge in [0.05, 0.1) is 17.2 Å². The van der Waals surface area contributed by atoms with Crippen LogP contribution in [0.1, 0.15) is 19.4 Å². The van der Waals surface area contributed by atoms with Crippen LogP contribution in [0.5, 0.6) is 5.75 Å². The maximum Gasteiger partial charge on any atom is 0.209 e. The van der Waals surface area contributed by atoms with Crippen molar-refractivity contribution in [2.75, 3.05) is 11.5 Å². The first-order valence-electron chi connectivity index (χ1n) is 19.3. The van der Waals surface area contributed by atoms with Crippen molar-refractivity contribution < 1.29 is 23.2 Å². The van der Waals surface area contributed by atoms with Crippen molar-refractivity contribution in [2.24, 2.45) is 0 Å². The quantitative estimate of drug-likeness (QED) is 0.0874. The van der Waals surface area contributed by atoms with Gasteiger partial charge in [0.1, 0.15) is 48.1 Å². The van der Waals surface area contributed by atoms with Crippen LogP contribution < -0.4 is 4.74 Å². The van der Waals surface area contributed by atoms with Crippen LogP contribution in [0.4, 0.5) is 0 Å². The minimum absolute atomic E-state index is 0.0718. The van der Waals surface area contributed by atoms with E-state index in [2.05, 4.69) is 75.8 Å². The normalized spacial score (nSPS) is 11.2. The highest BCUT2D eigenvalue weighted by atomic mass is 32.2. The van der Waals surface area contributed by atoms with E-state index >= 15 is 0 Å². The molecule has 6 aromatic heterocycles. The molecule has 0 saturated carbocycles. The van der Waals surface area contributed by atoms with E-state index in [0.29, 0.717) is 57.4 Å². The van der Waals surface area contributed by atoms with Gasteiger partial charge in [-0.3, -0.25) is 19.8 Å². The molecule has 0 atom stereocenters. The number of Topliss-reactive ketones (excluding diaryl/α,β-unsaturated/α-hetero) is 2. The largest absolute Gasteiger partial charge is 0.489 e. The average molecular weight is 861 g/mol. The van der Waals surface area contributed by atoms with Gasteiger partial charge in [-0.15, -0.1) is 10.2 Å². The number of thioether (sulfide) groups is 2. The minimum atomic E-state index is 0.0718. The molecule has 0 saturated heterocycles. The van der Waals surface area contributed by atoms with Crippen molar-refractivity contribution in [2.45, 2.75) is 30.8 Å². The van der Waals surface area contributed by atoms with E-state index in [-0.39, 0.29) is 11.6 Å². The molecule has 4 aromatic carbocycles. The third-order valence-corrected chi connectivity index (χ3v) is 11.3. The fourth-order valence-electron chi connectivity index (χ4n) is 6.42. The minimum Gasteiger partial charge on any atom is -0.489 e. The third kappa shape index (κ3) is 9.28. The van der Waals surface area contributed by atoms with E-state index < -0.39 is 0 Å². The number of fused-ring (bicyclic) bond motifs is 3. The smallest absolute Gasteiger partial charge is 0.209 e. The highest BCUT2D eigenvalue weighted by Crippen LogP contribution is 2.33. The van der Waals surface area contributed by atoms with Crippen LogP contribution >= 0.6 is 23.5 Å². The van der Waals surface area contributed by atoms with Crippen molar-refractivity contribution in [3.05, 3.63) is 133 Å². The van der Waals surface area contributed by atoms with Gasteiger partial charge in [-0.1, -0.05) is 78.1 Å². The molecule has 0 bridgehead atoms. The summed E-state index contributed by atoms with van der Waals surface area (Å²) in [5.41, 5.74) is 6.03. The molecule has 17 heteroatoms. The summed E-state index contributed by atoms with van der Waals surface area (Å²) in [7, 11) is 0. The number of benzene rings is 4. The van der Waals surface area contributed by atoms with Gasteiger partial charge in [0.25, 0.3) is 0 Å². The molecule has 6 heterocycles. The number of H-pyrrole nitrogens is 3. The molecule has 308 valence electrons. The number of carbonyl (C=O) groups is 2. The number of carbonyl (C=O) groups excluding carboxylic acids is 2. The molecule has 3 N–H and O–H groups in total. The zero-order valence-corrected chi connectivity index (χ0v) is 34.9. The fourth-order valence-corrected chi connectivity index (χ4v) is 7.61. The molecule has 0 fully saturated rings. The molecule has 0 unspecified atom stereocenters. The zero-order valence-electron chi connectivity index (χ0n) is 33.2. The van der Waals surface area contributed by atoms with Gasteiger partial charge >= 0.3 is 0 Å². The number of aromatic amines is 3. The Labute approximate surface area is 361 Å². The summed E-state index contributed by atoms with van der Waals surface area (Å²) in [5.74, 6) is 5.25. The van der Waals surface area contributed by atoms with Crippen LogP contribution in [0.25, 0.3) is 73.3 Å². The maximum atomic E-state index is 11.1. The number of rotatable bonds is 14. The molecule has 0 radical (unpaired) electrons. The predicted molar refractivity (Wildman–Crippen MR) is 237 cm³/mol. The monoisotopic (exact) mass is 860 g/mol. The van der Waals surface area contributed by atoms with Crippen LogP contribution in [0.15, 0.2) is 147 Å². The van der Waals surface area contributed by atoms with Crippen LogP contribution in [0.2, 0.25) is 0 Å². The second-order valence-corrected chi connectivity index (χ2v) is 15.9. The summed E-state index contributed by atoms with van der Waals surface area (Å²) < 4.78 is 19.7. The Bertz CT molecular complexity index is 3130. The molecule has 0 amide bonds. The van der Waals surface area contributed by atoms with E-state index in [1.165, 1.54) is 47.5 Å². The molecule has 62 heavy (non-hydrogen) atoms. The lowest BCUT2D eigenvalue weighted by atomic mass is 10.1. The Morgan fingerprint density at radius 3 is 1.94 bits per heavy atom. The summed E-state index contributed by atoms with van der Waals surface area (Å²) in [5, 5.41) is 21.5. The van der Waals surface area contributed by atoms with E-state index in [1.54, 1.807) is 17.9 Å². The first-order chi connectivity index (χ1) is 30.3. The zero-order chi connectivity index (χ0) is 42.4. The fraction of sp³-hybridized carbons (Fsp3) is 0.111. The first kappa shape index (κ1) is 39.9. The summed E-state index contributed by atoms with van der Waals surface area (Å²) >= 11 is 2.59. The SMILES string of the molecule is CC(=O)CSc1n[nH]c(-c2ccc(-c3ccc4c(c3)[nH]c3ccccc34)o2)n1.CC(=O)CSc1n[nH]c(-c2ccc(-c3cccc(OCc4ccc(-n5cncn5)cc4)c3)o2)n1. The Kier molecular flexibility index (Phi) is 11.6. The van der Waals surface area contributed by atoms with E-state index in [9.17, 15) is 9.59 Å². The number of para-hydroxylation sites is 1. The van der Waals surface area contributed by atoms with Gasteiger partial charge in [-0.25, -0.2) is 9.67 Å². The number of hydrogen-bond donors (Lipinski definition) is 3. The molecule has 0 spiro atoms. The molecule has 10 rings (SSSR count). The van der Waals surface area contributed by atoms with E-state index in [4.69, 9.17) is 13.6 Å². The lowest BCUT2D eigenvalue weighted by Crippen LogP contribution is -1.98. The highest BCUT2D eigenvalue weighted by molar-refractivity contribution is 8.00. The summed E-state index contributed by atoms with van der Waals surface area (Å²) in [6.45, 7) is 3.51. The number of nitrogens with one attached hydrogen (secondary N) is 3. The standard InChI is InChI=1S/C24H20N6O3S.C21H16N4O2S/c1-16(31)13-34-24-27-23(28-29-24)22-10-9-21(33-22)18-3-2-4-20(11-18)32-12-17-5-7-19(8-6-17)30-15-25-14-26-30;1-12(26)11-28-21-23-20(24-25-21)19-9-8-18(27-19)13-6-7-15-14-4-2-3-5-16(14)22-17(15)10-13/h2-11,14-15H,12-13H2,1H3,(H,27,28,29);2-10,22H,11H2,1H3,(H,23,24,25). The Morgan fingerprint density at radius 2 is 1.29 bits per heavy atom. The Balaban J connectivity index is 0.000000161. The first-order valence-corrected chi connectivity index (χ1v) is 21.3. The second-order valence-electron chi connectivity index (χ2n) is 14.0. The van der Waals surface area contributed by atoms with Gasteiger partial charge in [0.2, 0.25) is 10.3 Å². The van der Waals surface area contributed by atoms with E-state index in [0.717, 1.165) is 44.9 Å². The second kappa shape index (κ2) is 18.0. The number of ketones is 2. The number of aromatic nitrogens is 10. The van der Waals surface area contributed by atoms with Crippen LogP contribution in [0.3, 0.4) is 0 Å². The summed E-state index contributed by atoms with van der Waals surface area (Å²) in [4.78, 5) is 38.4. The van der Waals surface area contributed by atoms with Crippen molar-refractivity contribution in [1.82, 2.24) is 50.1 Å². The molecular formula is C45H36N10O5S2. The van der Waals surface area contributed by atoms with Crippen molar-refractivity contribution >= 4 is 56.9 Å². The number of nitrogens with zero attached hydrogens (tertiary/aromatic N) is 7. The van der Waals surface area contributed by atoms with Gasteiger partial charge in [-0.05, 0) is 80.1 Å². The van der Waals surface area contributed by atoms with Crippen molar-refractivity contribution in [3.8, 4) is 57.3 Å². The lowest BCUT2D eigenvalue weighted by molar-refractivity contribution is -0.115. The average Bonchev–Trinajstić information content (AvgIpc) is 4.15. The van der Waals surface area contributed by atoms with Gasteiger partial charge in [0.15, 0.2) is 23.2 Å². The Hall–Kier alpha value is -7.50. The number of ether oxygens (including phenoxy) is 1. The van der Waals surface area contributed by atoms with Crippen LogP contribution in [-0.2, 0) is 16.2 Å². The lowest BCUT2D eigenvalue weighted by Gasteiger charge is -2.08. The Morgan fingerprint density at radius 1 is 0.661 bits per heavy atom. The summed E-state index contributed by atoms with van der Waals surface area (Å²) in [6, 6.07) is 37.7. The molecule has 10 aromatic rings. The summed E-state index contributed by atoms with van der Waals surface area (Å²) in [6.07, 6.45) is 3.16. The van der Waals surface area contributed by atoms with Crippen LogP contribution in [-0.4, -0.2) is 73.2 Å². The number of furan rings is 2. The molecular weight excluding hydrogens is 825 g/mol. The third-order valence-electron chi connectivity index (χ3n) is 9.35. The maximum absolute atomic E-state index is 11.1. The molecule has 15 nitrogen and oxygen atoms in total. The highest BCUT2D eigenvalue weighted by Gasteiger charge is 2.15. The number of hydrogen-bond acceptors (Lipinski definition) is 13. The van der Waals surface area contributed by atoms with Crippen LogP contribution in [0, 0.1) is 0 Å². The van der Waals surface area contributed by atoms with Gasteiger partial charge < -0.3 is 18.6 Å². The van der Waals surface area contributed by atoms with E-state index in [1.807, 2.05) is 84.9 Å². The topological polar surface area (TPSA) is 199 Å². The van der Waals surface area contributed by atoms with Gasteiger partial charge in [-0.2, -0.15) is 15.1 Å². The predicted octanol–water partition coefficient (Wildman–Crippen LogP) is 9.62. The van der Waals surface area contributed by atoms with Gasteiger partial charge in [0, 0.05) is 32.9 Å².